The summed E-state index contributed by atoms with van der Waals surface area (Å²) >= 11 is 1.56. The molecule has 1 aromatic heterocycles. The molecule has 1 rings (SSSR count). The summed E-state index contributed by atoms with van der Waals surface area (Å²) in [5.41, 5.74) is 0.187. The average molecular weight is 297 g/mol. The fraction of sp³-hybridized carbons (Fsp3) is 0.714. The lowest BCUT2D eigenvalue weighted by molar-refractivity contribution is 0.254. The highest BCUT2D eigenvalue weighted by Crippen LogP contribution is 2.20. The number of hydrogen-bond donors (Lipinski definition) is 2. The van der Waals surface area contributed by atoms with Gasteiger partial charge in [0.1, 0.15) is 11.6 Å². The van der Waals surface area contributed by atoms with E-state index in [1.807, 2.05) is 12.3 Å². The van der Waals surface area contributed by atoms with Crippen molar-refractivity contribution in [3.63, 3.8) is 0 Å². The number of hydrogen-bond acceptors (Lipinski definition) is 6. The molecule has 6 heteroatoms. The molecule has 1 heterocycles. The van der Waals surface area contributed by atoms with Crippen LogP contribution in [0.1, 0.15) is 20.8 Å². The van der Waals surface area contributed by atoms with Crippen LogP contribution in [0.2, 0.25) is 0 Å². The molecule has 2 N–H and O–H groups in total. The van der Waals surface area contributed by atoms with Crippen molar-refractivity contribution >= 4 is 23.4 Å². The molecule has 0 saturated carbocycles. The lowest BCUT2D eigenvalue weighted by atomic mass is 9.93. The minimum atomic E-state index is 0.187. The summed E-state index contributed by atoms with van der Waals surface area (Å²) in [6.07, 6.45) is 1.99. The Kier molecular flexibility index (Phi) is 6.55. The van der Waals surface area contributed by atoms with E-state index >= 15 is 0 Å². The monoisotopic (exact) mass is 297 g/mol. The Hall–Kier alpha value is -1.01. The minimum absolute atomic E-state index is 0.187. The summed E-state index contributed by atoms with van der Waals surface area (Å²) in [5.74, 6) is 1.76. The zero-order valence-electron chi connectivity index (χ0n) is 13.4. The number of thioether (sulfide) groups is 1. The zero-order valence-corrected chi connectivity index (χ0v) is 14.3. The van der Waals surface area contributed by atoms with Crippen LogP contribution in [0.15, 0.2) is 11.2 Å². The summed E-state index contributed by atoms with van der Waals surface area (Å²) in [6, 6.07) is 1.97. The quantitative estimate of drug-likeness (QED) is 0.568. The van der Waals surface area contributed by atoms with E-state index in [4.69, 9.17) is 0 Å². The summed E-state index contributed by atoms with van der Waals surface area (Å²) < 4.78 is 0. The number of nitrogens with one attached hydrogen (secondary N) is 2. The van der Waals surface area contributed by atoms with Crippen LogP contribution in [0.4, 0.5) is 11.6 Å². The third-order valence-corrected chi connectivity index (χ3v) is 3.29. The molecule has 0 amide bonds. The van der Waals surface area contributed by atoms with Crippen molar-refractivity contribution in [2.75, 3.05) is 50.6 Å². The number of nitrogens with zero attached hydrogens (tertiary/aromatic N) is 3. The molecule has 1 aromatic rings. The lowest BCUT2D eigenvalue weighted by Gasteiger charge is -2.28. The van der Waals surface area contributed by atoms with E-state index in [1.165, 1.54) is 0 Å². The van der Waals surface area contributed by atoms with Gasteiger partial charge in [-0.25, -0.2) is 9.97 Å². The van der Waals surface area contributed by atoms with Crippen molar-refractivity contribution in [2.45, 2.75) is 25.9 Å². The molecule has 0 unspecified atom stereocenters. The van der Waals surface area contributed by atoms with Gasteiger partial charge in [0.05, 0.1) is 0 Å². The topological polar surface area (TPSA) is 53.1 Å². The Balaban J connectivity index is 2.73. The van der Waals surface area contributed by atoms with Gasteiger partial charge in [0.15, 0.2) is 5.16 Å². The van der Waals surface area contributed by atoms with Crippen LogP contribution in [-0.2, 0) is 0 Å². The van der Waals surface area contributed by atoms with E-state index < -0.39 is 0 Å². The van der Waals surface area contributed by atoms with Gasteiger partial charge in [-0.1, -0.05) is 25.6 Å². The number of rotatable bonds is 8. The fourth-order valence-electron chi connectivity index (χ4n) is 2.12. The van der Waals surface area contributed by atoms with Crippen molar-refractivity contribution < 1.29 is 0 Å². The van der Waals surface area contributed by atoms with E-state index in [2.05, 4.69) is 60.4 Å². The van der Waals surface area contributed by atoms with Gasteiger partial charge >= 0.3 is 0 Å². The van der Waals surface area contributed by atoms with Crippen LogP contribution in [0.5, 0.6) is 0 Å². The molecule has 20 heavy (non-hydrogen) atoms. The Labute approximate surface area is 127 Å². The SMILES string of the molecule is CCNc1cc(NCC(C)(C)CN(C)C)nc(SC)n1. The maximum atomic E-state index is 4.50. The maximum absolute atomic E-state index is 4.50. The van der Waals surface area contributed by atoms with Crippen molar-refractivity contribution in [2.24, 2.45) is 5.41 Å². The van der Waals surface area contributed by atoms with Crippen LogP contribution in [-0.4, -0.2) is 54.9 Å². The van der Waals surface area contributed by atoms with E-state index in [0.717, 1.165) is 36.4 Å². The van der Waals surface area contributed by atoms with Crippen LogP contribution < -0.4 is 10.6 Å². The van der Waals surface area contributed by atoms with Crippen molar-refractivity contribution in [3.05, 3.63) is 6.07 Å². The Morgan fingerprint density at radius 1 is 1.20 bits per heavy atom. The van der Waals surface area contributed by atoms with E-state index in [0.29, 0.717) is 0 Å². The molecule has 0 fully saturated rings. The van der Waals surface area contributed by atoms with Gasteiger partial charge in [-0.3, -0.25) is 0 Å². The fourth-order valence-corrected chi connectivity index (χ4v) is 2.50. The van der Waals surface area contributed by atoms with Crippen LogP contribution >= 0.6 is 11.8 Å². The second kappa shape index (κ2) is 7.69. The molecule has 0 aliphatic carbocycles. The smallest absolute Gasteiger partial charge is 0.191 e. The Bertz CT molecular complexity index is 420. The van der Waals surface area contributed by atoms with Crippen molar-refractivity contribution in [1.82, 2.24) is 14.9 Å². The van der Waals surface area contributed by atoms with Gasteiger partial charge in [-0.15, -0.1) is 0 Å². The highest BCUT2D eigenvalue weighted by Gasteiger charge is 2.19. The van der Waals surface area contributed by atoms with E-state index in [-0.39, 0.29) is 5.41 Å². The zero-order chi connectivity index (χ0) is 15.2. The standard InChI is InChI=1S/C14H27N5S/c1-7-15-11-8-12(18-13(17-11)20-6)16-9-14(2,3)10-19(4)5/h8H,7,9-10H2,1-6H3,(H2,15,16,17,18). The maximum Gasteiger partial charge on any atom is 0.191 e. The van der Waals surface area contributed by atoms with E-state index in [9.17, 15) is 0 Å². The predicted octanol–water partition coefficient (Wildman–Crippen LogP) is 2.63. The molecule has 0 saturated heterocycles. The molecule has 114 valence electrons. The molecule has 0 aliphatic heterocycles. The third-order valence-electron chi connectivity index (χ3n) is 2.74. The molecule has 0 spiro atoms. The number of anilines is 2. The number of aromatic nitrogens is 2. The largest absolute Gasteiger partial charge is 0.370 e. The minimum Gasteiger partial charge on any atom is -0.370 e. The highest BCUT2D eigenvalue weighted by molar-refractivity contribution is 7.98. The van der Waals surface area contributed by atoms with Gasteiger partial charge in [-0.2, -0.15) is 0 Å². The van der Waals surface area contributed by atoms with Gasteiger partial charge in [-0.05, 0) is 32.7 Å². The third kappa shape index (κ3) is 5.96. The summed E-state index contributed by atoms with van der Waals surface area (Å²) in [7, 11) is 4.20. The molecule has 0 radical (unpaired) electrons. The lowest BCUT2D eigenvalue weighted by Crippen LogP contribution is -2.34. The first-order valence-corrected chi connectivity index (χ1v) is 8.14. The van der Waals surface area contributed by atoms with Gasteiger partial charge < -0.3 is 15.5 Å². The van der Waals surface area contributed by atoms with Gasteiger partial charge in [0.2, 0.25) is 0 Å². The first-order chi connectivity index (χ1) is 9.36. The molecule has 0 aliphatic rings. The predicted molar refractivity (Wildman–Crippen MR) is 88.8 cm³/mol. The Morgan fingerprint density at radius 3 is 2.30 bits per heavy atom. The molecule has 0 aromatic carbocycles. The Morgan fingerprint density at radius 2 is 1.80 bits per heavy atom. The first kappa shape index (κ1) is 17.0. The second-order valence-electron chi connectivity index (χ2n) is 5.91. The molecular weight excluding hydrogens is 270 g/mol. The second-order valence-corrected chi connectivity index (χ2v) is 6.68. The van der Waals surface area contributed by atoms with Crippen LogP contribution in [0.3, 0.4) is 0 Å². The summed E-state index contributed by atoms with van der Waals surface area (Å²) in [4.78, 5) is 11.1. The normalized spacial score (nSPS) is 11.8. The molecule has 0 bridgehead atoms. The highest BCUT2D eigenvalue weighted by atomic mass is 32.2. The molecule has 5 nitrogen and oxygen atoms in total. The van der Waals surface area contributed by atoms with E-state index in [1.54, 1.807) is 11.8 Å². The summed E-state index contributed by atoms with van der Waals surface area (Å²) in [6.45, 7) is 9.33. The van der Waals surface area contributed by atoms with Crippen molar-refractivity contribution in [3.8, 4) is 0 Å². The van der Waals surface area contributed by atoms with Gasteiger partial charge in [0, 0.05) is 25.7 Å². The molecular formula is C14H27N5S. The van der Waals surface area contributed by atoms with Crippen molar-refractivity contribution in [1.29, 1.82) is 0 Å². The average Bonchev–Trinajstić information content (AvgIpc) is 2.35. The van der Waals surface area contributed by atoms with Crippen LogP contribution in [0.25, 0.3) is 0 Å². The van der Waals surface area contributed by atoms with Crippen LogP contribution in [0, 0.1) is 5.41 Å². The molecule has 0 atom stereocenters. The van der Waals surface area contributed by atoms with Gasteiger partial charge in [0.25, 0.3) is 0 Å². The summed E-state index contributed by atoms with van der Waals surface area (Å²) in [5, 5.41) is 7.46. The first-order valence-electron chi connectivity index (χ1n) is 6.92.